The van der Waals surface area contributed by atoms with Crippen LogP contribution >= 0.6 is 0 Å². The van der Waals surface area contributed by atoms with Crippen LogP contribution in [0.4, 0.5) is 0 Å². The van der Waals surface area contributed by atoms with Gasteiger partial charge in [-0.3, -0.25) is 29.8 Å². The third-order valence-electron chi connectivity index (χ3n) is 1.95. The zero-order valence-electron chi connectivity index (χ0n) is 8.24. The second kappa shape index (κ2) is 4.23. The molecule has 0 heterocycles. The smallest absolute Gasteiger partial charge is 0.280 e. The molecule has 1 aliphatic carbocycles. The van der Waals surface area contributed by atoms with Gasteiger partial charge < -0.3 is 0 Å². The third kappa shape index (κ3) is 1.60. The van der Waals surface area contributed by atoms with Crippen LogP contribution in [0.3, 0.4) is 0 Å². The number of Topliss-reactive ketones (excluding diaryl/α,β-unsaturated/α-hetero) is 2. The standard InChI is InChI=1S/C8N4O6/c9-1-3-5(11(15)16)8(14)4(2-10)6(7(3)13)12(17)18. The van der Waals surface area contributed by atoms with Crippen molar-refractivity contribution >= 4 is 11.6 Å². The van der Waals surface area contributed by atoms with Crippen molar-refractivity contribution in [3.63, 3.8) is 0 Å². The summed E-state index contributed by atoms with van der Waals surface area (Å²) >= 11 is 0. The van der Waals surface area contributed by atoms with E-state index in [1.807, 2.05) is 0 Å². The van der Waals surface area contributed by atoms with Crippen molar-refractivity contribution < 1.29 is 19.4 Å². The largest absolute Gasteiger partial charge is 0.339 e. The fourth-order valence-corrected chi connectivity index (χ4v) is 1.23. The molecule has 0 saturated carbocycles. The van der Waals surface area contributed by atoms with E-state index in [9.17, 15) is 29.8 Å². The molecule has 1 aliphatic rings. The molecule has 0 unspecified atom stereocenters. The lowest BCUT2D eigenvalue weighted by Gasteiger charge is -2.05. The number of rotatable bonds is 2. The van der Waals surface area contributed by atoms with Gasteiger partial charge in [0.15, 0.2) is 11.1 Å². The van der Waals surface area contributed by atoms with Crippen molar-refractivity contribution in [3.05, 3.63) is 42.8 Å². The molecule has 88 valence electrons. The van der Waals surface area contributed by atoms with Crippen LogP contribution in [-0.4, -0.2) is 21.4 Å². The molecule has 10 nitrogen and oxygen atoms in total. The van der Waals surface area contributed by atoms with Gasteiger partial charge >= 0.3 is 11.4 Å². The zero-order chi connectivity index (χ0) is 14.0. The molecule has 0 N–H and O–H groups in total. The van der Waals surface area contributed by atoms with E-state index in [0.717, 1.165) is 12.1 Å². The Morgan fingerprint density at radius 2 is 1.11 bits per heavy atom. The average Bonchev–Trinajstić information content (AvgIpc) is 2.29. The van der Waals surface area contributed by atoms with Crippen LogP contribution in [-0.2, 0) is 9.59 Å². The molecule has 0 aliphatic heterocycles. The van der Waals surface area contributed by atoms with Crippen LogP contribution in [0.1, 0.15) is 0 Å². The maximum absolute atomic E-state index is 11.4. The number of carbonyl (C=O) groups excluding carboxylic acids is 2. The van der Waals surface area contributed by atoms with Crippen molar-refractivity contribution in [1.82, 2.24) is 0 Å². The molecule has 0 amide bonds. The number of carbonyl (C=O) groups is 2. The number of hydrogen-bond donors (Lipinski definition) is 0. The molecule has 18 heavy (non-hydrogen) atoms. The minimum absolute atomic E-state index is 1.06. The third-order valence-corrected chi connectivity index (χ3v) is 1.95. The highest BCUT2D eigenvalue weighted by molar-refractivity contribution is 6.26. The first-order valence-electron chi connectivity index (χ1n) is 4.03. The molecule has 0 fully saturated rings. The monoisotopic (exact) mass is 248 g/mol. The topological polar surface area (TPSA) is 168 Å². The van der Waals surface area contributed by atoms with Gasteiger partial charge in [-0.2, -0.15) is 10.5 Å². The van der Waals surface area contributed by atoms with Gasteiger partial charge in [0.2, 0.25) is 0 Å². The van der Waals surface area contributed by atoms with Crippen LogP contribution < -0.4 is 0 Å². The van der Waals surface area contributed by atoms with Crippen LogP contribution in [0.15, 0.2) is 22.5 Å². The maximum atomic E-state index is 11.4. The Morgan fingerprint density at radius 1 is 0.833 bits per heavy atom. The highest BCUT2D eigenvalue weighted by atomic mass is 16.6. The molecular formula is C8N4O6. The summed E-state index contributed by atoms with van der Waals surface area (Å²) in [5.74, 6) is -3.24. The van der Waals surface area contributed by atoms with Crippen LogP contribution in [0.5, 0.6) is 0 Å². The van der Waals surface area contributed by atoms with E-state index >= 15 is 0 Å². The van der Waals surface area contributed by atoms with Gasteiger partial charge in [0, 0.05) is 0 Å². The van der Waals surface area contributed by atoms with E-state index in [1.165, 1.54) is 0 Å². The molecule has 0 aromatic carbocycles. The van der Waals surface area contributed by atoms with Gasteiger partial charge in [-0.05, 0) is 0 Å². The summed E-state index contributed by atoms with van der Waals surface area (Å²) in [5, 5.41) is 38.2. The first kappa shape index (κ1) is 12.7. The highest BCUT2D eigenvalue weighted by Crippen LogP contribution is 2.24. The highest BCUT2D eigenvalue weighted by Gasteiger charge is 2.48. The predicted molar refractivity (Wildman–Crippen MR) is 49.3 cm³/mol. The Labute approximate surface area is 97.3 Å². The fourth-order valence-electron chi connectivity index (χ4n) is 1.23. The van der Waals surface area contributed by atoms with Crippen molar-refractivity contribution in [2.45, 2.75) is 0 Å². The van der Waals surface area contributed by atoms with E-state index in [4.69, 9.17) is 10.5 Å². The molecular weight excluding hydrogens is 248 g/mol. The average molecular weight is 248 g/mol. The number of nitro groups is 2. The Bertz CT molecular complexity index is 598. The summed E-state index contributed by atoms with van der Waals surface area (Å²) < 4.78 is 0. The Kier molecular flexibility index (Phi) is 2.98. The number of nitrogens with zero attached hydrogens (tertiary/aromatic N) is 4. The molecule has 0 aromatic heterocycles. The molecule has 0 radical (unpaired) electrons. The number of ketones is 2. The molecule has 0 bridgehead atoms. The van der Waals surface area contributed by atoms with Gasteiger partial charge in [0.25, 0.3) is 11.6 Å². The summed E-state index contributed by atoms with van der Waals surface area (Å²) in [6, 6.07) is 2.13. The van der Waals surface area contributed by atoms with Crippen molar-refractivity contribution in [2.75, 3.05) is 0 Å². The summed E-state index contributed by atoms with van der Waals surface area (Å²) in [4.78, 5) is 41.3. The second-order valence-corrected chi connectivity index (χ2v) is 2.84. The molecule has 0 saturated heterocycles. The normalized spacial score (nSPS) is 15.2. The van der Waals surface area contributed by atoms with Gasteiger partial charge in [-0.1, -0.05) is 0 Å². The summed E-state index contributed by atoms with van der Waals surface area (Å²) in [6.45, 7) is 0. The van der Waals surface area contributed by atoms with E-state index < -0.39 is 44.0 Å². The SMILES string of the molecule is N#CC1=C([N+](=O)[O-])C(=O)C(C#N)=C([N+](=O)[O-])C1=O. The van der Waals surface area contributed by atoms with Gasteiger partial charge in [-0.25, -0.2) is 0 Å². The molecule has 1 rings (SSSR count). The Morgan fingerprint density at radius 3 is 1.28 bits per heavy atom. The van der Waals surface area contributed by atoms with E-state index in [2.05, 4.69) is 0 Å². The number of hydrogen-bond acceptors (Lipinski definition) is 8. The lowest BCUT2D eigenvalue weighted by Crippen LogP contribution is -2.29. The summed E-state index contributed by atoms with van der Waals surface area (Å²) in [5.41, 5.74) is -5.36. The van der Waals surface area contributed by atoms with Crippen LogP contribution in [0, 0.1) is 42.9 Å². The number of nitriles is 2. The minimum atomic E-state index is -1.62. The zero-order valence-corrected chi connectivity index (χ0v) is 8.24. The molecule has 0 aromatic rings. The van der Waals surface area contributed by atoms with Gasteiger partial charge in [0.05, 0.1) is 9.85 Å². The Balaban J connectivity index is 3.72. The van der Waals surface area contributed by atoms with Crippen molar-refractivity contribution in [3.8, 4) is 12.1 Å². The Hall–Kier alpha value is -3.40. The van der Waals surface area contributed by atoms with Gasteiger partial charge in [-0.15, -0.1) is 0 Å². The maximum Gasteiger partial charge on any atom is 0.339 e. The summed E-state index contributed by atoms with van der Waals surface area (Å²) in [7, 11) is 0. The predicted octanol–water partition coefficient (Wildman–Crippen LogP) is -0.753. The van der Waals surface area contributed by atoms with Crippen LogP contribution in [0.2, 0.25) is 0 Å². The van der Waals surface area contributed by atoms with Gasteiger partial charge in [0.1, 0.15) is 12.1 Å². The van der Waals surface area contributed by atoms with Crippen LogP contribution in [0.25, 0.3) is 0 Å². The van der Waals surface area contributed by atoms with E-state index in [0.29, 0.717) is 0 Å². The van der Waals surface area contributed by atoms with E-state index in [-0.39, 0.29) is 0 Å². The van der Waals surface area contributed by atoms with Crippen molar-refractivity contribution in [1.29, 1.82) is 10.5 Å². The lowest BCUT2D eigenvalue weighted by molar-refractivity contribution is -0.425. The van der Waals surface area contributed by atoms with E-state index in [1.54, 1.807) is 0 Å². The quantitative estimate of drug-likeness (QED) is 0.349. The molecule has 0 spiro atoms. The fraction of sp³-hybridized carbons (Fsp3) is 0. The lowest BCUT2D eigenvalue weighted by atomic mass is 9.92. The first-order chi connectivity index (χ1) is 8.36. The molecule has 0 atom stereocenters. The minimum Gasteiger partial charge on any atom is -0.280 e. The first-order valence-corrected chi connectivity index (χ1v) is 4.03. The second-order valence-electron chi connectivity index (χ2n) is 2.84. The summed E-state index contributed by atoms with van der Waals surface area (Å²) in [6.07, 6.45) is 0. The van der Waals surface area contributed by atoms with Crippen molar-refractivity contribution in [2.24, 2.45) is 0 Å². The number of allylic oxidation sites excluding steroid dienone is 2. The molecule has 10 heteroatoms.